The smallest absolute Gasteiger partial charge is 0.238 e. The summed E-state index contributed by atoms with van der Waals surface area (Å²) < 4.78 is 0. The molecule has 1 heterocycles. The standard InChI is InChI=1S/C15H23N3O/c1-10-5-4-6-13(16)15(10)17-14(19)9-18-7-11(2)12(3)8-18/h4-6,11-12H,7-9,16H2,1-3H3,(H,17,19). The van der Waals surface area contributed by atoms with Crippen LogP contribution in [0.5, 0.6) is 0 Å². The zero-order valence-corrected chi connectivity index (χ0v) is 11.9. The van der Waals surface area contributed by atoms with Gasteiger partial charge in [0.15, 0.2) is 0 Å². The van der Waals surface area contributed by atoms with E-state index in [1.165, 1.54) is 0 Å². The van der Waals surface area contributed by atoms with Gasteiger partial charge in [-0.3, -0.25) is 9.69 Å². The number of likely N-dealkylation sites (tertiary alicyclic amines) is 1. The molecule has 0 bridgehead atoms. The molecule has 3 N–H and O–H groups in total. The highest BCUT2D eigenvalue weighted by Gasteiger charge is 2.27. The molecular formula is C15H23N3O. The van der Waals surface area contributed by atoms with E-state index in [0.717, 1.165) is 24.3 Å². The number of anilines is 2. The van der Waals surface area contributed by atoms with E-state index < -0.39 is 0 Å². The largest absolute Gasteiger partial charge is 0.397 e. The van der Waals surface area contributed by atoms with E-state index in [-0.39, 0.29) is 5.91 Å². The zero-order chi connectivity index (χ0) is 14.0. The van der Waals surface area contributed by atoms with Gasteiger partial charge in [0.05, 0.1) is 17.9 Å². The van der Waals surface area contributed by atoms with Crippen LogP contribution in [-0.4, -0.2) is 30.4 Å². The van der Waals surface area contributed by atoms with Gasteiger partial charge >= 0.3 is 0 Å². The highest BCUT2D eigenvalue weighted by Crippen LogP contribution is 2.24. The SMILES string of the molecule is Cc1cccc(N)c1NC(=O)CN1CC(C)C(C)C1. The summed E-state index contributed by atoms with van der Waals surface area (Å²) in [4.78, 5) is 14.3. The molecule has 104 valence electrons. The minimum atomic E-state index is 0.0160. The number of amides is 1. The maximum absolute atomic E-state index is 12.1. The lowest BCUT2D eigenvalue weighted by Gasteiger charge is -2.16. The van der Waals surface area contributed by atoms with Crippen LogP contribution in [0.15, 0.2) is 18.2 Å². The summed E-state index contributed by atoms with van der Waals surface area (Å²) in [6.45, 7) is 8.87. The minimum absolute atomic E-state index is 0.0160. The zero-order valence-electron chi connectivity index (χ0n) is 11.9. The van der Waals surface area contributed by atoms with Gasteiger partial charge in [0.2, 0.25) is 5.91 Å². The molecule has 19 heavy (non-hydrogen) atoms. The molecule has 4 heteroatoms. The number of aryl methyl sites for hydroxylation is 1. The van der Waals surface area contributed by atoms with Crippen LogP contribution >= 0.6 is 0 Å². The third kappa shape index (κ3) is 3.26. The van der Waals surface area contributed by atoms with Crippen molar-refractivity contribution in [3.05, 3.63) is 23.8 Å². The van der Waals surface area contributed by atoms with Gasteiger partial charge in [-0.1, -0.05) is 26.0 Å². The lowest BCUT2D eigenvalue weighted by atomic mass is 10.0. The lowest BCUT2D eigenvalue weighted by molar-refractivity contribution is -0.117. The molecule has 1 fully saturated rings. The Bertz CT molecular complexity index is 442. The molecular weight excluding hydrogens is 238 g/mol. The molecule has 2 atom stereocenters. The molecule has 2 rings (SSSR count). The monoisotopic (exact) mass is 261 g/mol. The van der Waals surface area contributed by atoms with Gasteiger partial charge in [0, 0.05) is 13.1 Å². The number of hydrogen-bond donors (Lipinski definition) is 2. The molecule has 0 radical (unpaired) electrons. The van der Waals surface area contributed by atoms with Gasteiger partial charge in [-0.15, -0.1) is 0 Å². The quantitative estimate of drug-likeness (QED) is 0.819. The number of nitrogen functional groups attached to an aromatic ring is 1. The third-order valence-electron chi connectivity index (χ3n) is 4.00. The Morgan fingerprint density at radius 2 is 2.00 bits per heavy atom. The predicted octanol–water partition coefficient (Wildman–Crippen LogP) is 2.10. The van der Waals surface area contributed by atoms with Crippen LogP contribution in [-0.2, 0) is 4.79 Å². The molecule has 1 aromatic carbocycles. The first-order chi connectivity index (χ1) is 8.97. The van der Waals surface area contributed by atoms with E-state index in [2.05, 4.69) is 24.1 Å². The number of rotatable bonds is 3. The molecule has 1 amide bonds. The molecule has 2 unspecified atom stereocenters. The van der Waals surface area contributed by atoms with E-state index in [4.69, 9.17) is 5.73 Å². The Morgan fingerprint density at radius 1 is 1.37 bits per heavy atom. The van der Waals surface area contributed by atoms with E-state index in [0.29, 0.717) is 24.1 Å². The van der Waals surface area contributed by atoms with Crippen molar-refractivity contribution in [2.45, 2.75) is 20.8 Å². The van der Waals surface area contributed by atoms with Crippen LogP contribution in [0.1, 0.15) is 19.4 Å². The Labute approximate surface area is 115 Å². The number of hydrogen-bond acceptors (Lipinski definition) is 3. The first kappa shape index (κ1) is 13.9. The van der Waals surface area contributed by atoms with Gasteiger partial charge in [-0.25, -0.2) is 0 Å². The summed E-state index contributed by atoms with van der Waals surface area (Å²) in [6.07, 6.45) is 0. The maximum Gasteiger partial charge on any atom is 0.238 e. The molecule has 1 aliphatic rings. The van der Waals surface area contributed by atoms with Gasteiger partial charge < -0.3 is 11.1 Å². The van der Waals surface area contributed by atoms with Crippen LogP contribution in [0.25, 0.3) is 0 Å². The van der Waals surface area contributed by atoms with Crippen molar-refractivity contribution in [3.63, 3.8) is 0 Å². The number of carbonyl (C=O) groups excluding carboxylic acids is 1. The number of nitrogens with two attached hydrogens (primary N) is 1. The van der Waals surface area contributed by atoms with E-state index in [9.17, 15) is 4.79 Å². The van der Waals surface area contributed by atoms with Crippen LogP contribution < -0.4 is 11.1 Å². The van der Waals surface area contributed by atoms with Crippen molar-refractivity contribution in [2.75, 3.05) is 30.7 Å². The minimum Gasteiger partial charge on any atom is -0.397 e. The first-order valence-corrected chi connectivity index (χ1v) is 6.84. The van der Waals surface area contributed by atoms with Crippen molar-refractivity contribution in [1.82, 2.24) is 4.90 Å². The number of nitrogens with zero attached hydrogens (tertiary/aromatic N) is 1. The predicted molar refractivity (Wildman–Crippen MR) is 79.0 cm³/mol. The molecule has 0 aliphatic carbocycles. The molecule has 1 saturated heterocycles. The summed E-state index contributed by atoms with van der Waals surface area (Å²) in [7, 11) is 0. The van der Waals surface area contributed by atoms with Crippen molar-refractivity contribution >= 4 is 17.3 Å². The number of benzene rings is 1. The normalized spacial score (nSPS) is 23.5. The van der Waals surface area contributed by atoms with E-state index in [1.807, 2.05) is 25.1 Å². The molecule has 1 aromatic rings. The molecule has 0 saturated carbocycles. The second-order valence-electron chi connectivity index (χ2n) is 5.74. The number of nitrogens with one attached hydrogen (secondary N) is 1. The van der Waals surface area contributed by atoms with Crippen molar-refractivity contribution < 1.29 is 4.79 Å². The number of carbonyl (C=O) groups is 1. The van der Waals surface area contributed by atoms with E-state index in [1.54, 1.807) is 0 Å². The second-order valence-corrected chi connectivity index (χ2v) is 5.74. The van der Waals surface area contributed by atoms with Gasteiger partial charge in [0.1, 0.15) is 0 Å². The van der Waals surface area contributed by atoms with Gasteiger partial charge in [0.25, 0.3) is 0 Å². The summed E-state index contributed by atoms with van der Waals surface area (Å²) in [6, 6.07) is 5.65. The average Bonchev–Trinajstić information content (AvgIpc) is 2.63. The van der Waals surface area contributed by atoms with Crippen LogP contribution in [0, 0.1) is 18.8 Å². The van der Waals surface area contributed by atoms with Crippen molar-refractivity contribution in [2.24, 2.45) is 11.8 Å². The Balaban J connectivity index is 1.95. The average molecular weight is 261 g/mol. The van der Waals surface area contributed by atoms with Gasteiger partial charge in [-0.05, 0) is 30.4 Å². The summed E-state index contributed by atoms with van der Waals surface area (Å²) in [5, 5.41) is 2.93. The molecule has 4 nitrogen and oxygen atoms in total. The Hall–Kier alpha value is -1.55. The molecule has 1 aliphatic heterocycles. The molecule has 0 spiro atoms. The highest BCUT2D eigenvalue weighted by atomic mass is 16.2. The molecule has 0 aromatic heterocycles. The van der Waals surface area contributed by atoms with Crippen LogP contribution in [0.2, 0.25) is 0 Å². The maximum atomic E-state index is 12.1. The topological polar surface area (TPSA) is 58.4 Å². The van der Waals surface area contributed by atoms with Crippen molar-refractivity contribution in [1.29, 1.82) is 0 Å². The summed E-state index contributed by atoms with van der Waals surface area (Å²) in [5.74, 6) is 1.34. The van der Waals surface area contributed by atoms with E-state index >= 15 is 0 Å². The summed E-state index contributed by atoms with van der Waals surface area (Å²) >= 11 is 0. The fourth-order valence-electron chi connectivity index (χ4n) is 2.62. The highest BCUT2D eigenvalue weighted by molar-refractivity contribution is 5.96. The second kappa shape index (κ2) is 5.61. The van der Waals surface area contributed by atoms with Gasteiger partial charge in [-0.2, -0.15) is 0 Å². The fourth-order valence-corrected chi connectivity index (χ4v) is 2.62. The fraction of sp³-hybridized carbons (Fsp3) is 0.533. The first-order valence-electron chi connectivity index (χ1n) is 6.84. The lowest BCUT2D eigenvalue weighted by Crippen LogP contribution is -2.32. The summed E-state index contributed by atoms with van der Waals surface area (Å²) in [5.41, 5.74) is 8.26. The Morgan fingerprint density at radius 3 is 2.58 bits per heavy atom. The van der Waals surface area contributed by atoms with Crippen molar-refractivity contribution in [3.8, 4) is 0 Å². The van der Waals surface area contributed by atoms with Crippen LogP contribution in [0.3, 0.4) is 0 Å². The number of para-hydroxylation sites is 1. The third-order valence-corrected chi connectivity index (χ3v) is 4.00. The van der Waals surface area contributed by atoms with Crippen LogP contribution in [0.4, 0.5) is 11.4 Å². The Kier molecular flexibility index (Phi) is 4.10.